The molecule has 4 rings (SSSR count). The summed E-state index contributed by atoms with van der Waals surface area (Å²) in [4.78, 5) is 16.9. The number of aromatic nitrogens is 1. The van der Waals surface area contributed by atoms with E-state index in [0.717, 1.165) is 53.3 Å². The molecule has 1 N–H and O–H groups in total. The van der Waals surface area contributed by atoms with Gasteiger partial charge in [0, 0.05) is 48.1 Å². The molecule has 0 aliphatic heterocycles. The minimum absolute atomic E-state index is 0. The van der Waals surface area contributed by atoms with Crippen LogP contribution in [0.4, 0.5) is 0 Å². The van der Waals surface area contributed by atoms with Gasteiger partial charge in [0.1, 0.15) is 5.76 Å². The summed E-state index contributed by atoms with van der Waals surface area (Å²) in [5.74, 6) is 0.286. The maximum Gasteiger partial charge on any atom is 0.219 e. The molecule has 0 aliphatic rings. The molecule has 4 aromatic rings. The Hall–Kier alpha value is -2.75. The van der Waals surface area contributed by atoms with E-state index >= 15 is 0 Å². The van der Waals surface area contributed by atoms with Crippen LogP contribution in [0, 0.1) is 23.8 Å². The number of rotatable bonds is 8. The number of pyridine rings is 1. The van der Waals surface area contributed by atoms with Gasteiger partial charge in [-0.05, 0) is 43.6 Å². The summed E-state index contributed by atoms with van der Waals surface area (Å²) in [6.45, 7) is 20.8. The number of allylic oxidation sites excluding steroid dienone is 2. The van der Waals surface area contributed by atoms with Gasteiger partial charge in [-0.25, -0.2) is 0 Å². The van der Waals surface area contributed by atoms with Crippen molar-refractivity contribution >= 4 is 27.7 Å². The van der Waals surface area contributed by atoms with Crippen LogP contribution in [0.25, 0.3) is 33.1 Å². The van der Waals surface area contributed by atoms with Crippen LogP contribution in [0.15, 0.2) is 65.0 Å². The van der Waals surface area contributed by atoms with Gasteiger partial charge in [0.25, 0.3) is 0 Å². The fraction of sp³-hybridized carbons (Fsp3) is 0.459. The first-order chi connectivity index (χ1) is 19.2. The van der Waals surface area contributed by atoms with Crippen molar-refractivity contribution < 1.29 is 34.4 Å². The Morgan fingerprint density at radius 3 is 2.07 bits per heavy atom. The van der Waals surface area contributed by atoms with Crippen LogP contribution in [0.2, 0.25) is 0 Å². The van der Waals surface area contributed by atoms with E-state index in [-0.39, 0.29) is 47.9 Å². The average molecular weight is 747 g/mol. The SMILES string of the molecule is CCC(C)(CC)C(=O)/C=C(\O)C(C)(CC)CC.Cc1coc2nc(-c3[c-]c4ccccc4c(C(C)(C)C)c3)ccc12.[Ir]. The summed E-state index contributed by atoms with van der Waals surface area (Å²) in [5, 5.41) is 13.6. The van der Waals surface area contributed by atoms with E-state index in [1.165, 1.54) is 17.0 Å². The zero-order valence-corrected chi connectivity index (χ0v) is 29.5. The molecule has 5 heteroatoms. The molecule has 2 aromatic carbocycles. The number of hydrogen-bond donors (Lipinski definition) is 1. The van der Waals surface area contributed by atoms with E-state index in [0.29, 0.717) is 5.71 Å². The van der Waals surface area contributed by atoms with Crippen molar-refractivity contribution in [1.29, 1.82) is 0 Å². The van der Waals surface area contributed by atoms with E-state index in [9.17, 15) is 9.90 Å². The van der Waals surface area contributed by atoms with Gasteiger partial charge in [-0.3, -0.25) is 9.78 Å². The molecule has 0 unspecified atom stereocenters. The molecule has 0 saturated heterocycles. The molecule has 2 heterocycles. The van der Waals surface area contributed by atoms with Gasteiger partial charge in [-0.15, -0.1) is 29.1 Å². The van der Waals surface area contributed by atoms with Gasteiger partial charge in [-0.1, -0.05) is 104 Å². The fourth-order valence-electron chi connectivity index (χ4n) is 4.86. The molecule has 2 aromatic heterocycles. The summed E-state index contributed by atoms with van der Waals surface area (Å²) < 4.78 is 5.57. The standard InChI is InChI=1S/C22H20NO.C15H28O2.Ir/c1-14-13-24-21-17(14)9-10-20(23-21)16-11-15-7-5-6-8-18(15)19(12-16)22(2,3)4;1-7-14(5,8-2)12(16)11-13(17)15(6,9-3)10-4;/h5-10,12-13H,1-4H3;11,16H,7-10H2,1-6H3;/q-1;;/b;12-11-;. The minimum Gasteiger partial charge on any atom is -0.512 e. The van der Waals surface area contributed by atoms with Crippen molar-refractivity contribution in [3.63, 3.8) is 0 Å². The molecule has 4 nitrogen and oxygen atoms in total. The van der Waals surface area contributed by atoms with Crippen LogP contribution in [0.1, 0.15) is 99.1 Å². The number of furan rings is 1. The van der Waals surface area contributed by atoms with E-state index in [1.807, 2.05) is 48.5 Å². The largest absolute Gasteiger partial charge is 0.512 e. The molecule has 42 heavy (non-hydrogen) atoms. The van der Waals surface area contributed by atoms with Crippen LogP contribution in [0.5, 0.6) is 0 Å². The molecule has 229 valence electrons. The predicted molar refractivity (Wildman–Crippen MR) is 172 cm³/mol. The summed E-state index contributed by atoms with van der Waals surface area (Å²) >= 11 is 0. The smallest absolute Gasteiger partial charge is 0.219 e. The quantitative estimate of drug-likeness (QED) is 0.111. The van der Waals surface area contributed by atoms with Crippen molar-refractivity contribution in [2.24, 2.45) is 10.8 Å². The fourth-order valence-corrected chi connectivity index (χ4v) is 4.86. The zero-order valence-electron chi connectivity index (χ0n) is 27.1. The Labute approximate surface area is 266 Å². The Kier molecular flexibility index (Phi) is 11.9. The van der Waals surface area contributed by atoms with Crippen LogP contribution in [0.3, 0.4) is 0 Å². The van der Waals surface area contributed by atoms with Crippen molar-refractivity contribution in [2.45, 2.75) is 100 Å². The van der Waals surface area contributed by atoms with Crippen LogP contribution < -0.4 is 0 Å². The van der Waals surface area contributed by atoms with Crippen molar-refractivity contribution in [2.75, 3.05) is 0 Å². The summed E-state index contributed by atoms with van der Waals surface area (Å²) in [5.41, 5.74) is 4.46. The van der Waals surface area contributed by atoms with E-state index in [1.54, 1.807) is 6.26 Å². The summed E-state index contributed by atoms with van der Waals surface area (Å²) in [7, 11) is 0. The summed E-state index contributed by atoms with van der Waals surface area (Å²) in [6, 6.07) is 18.3. The van der Waals surface area contributed by atoms with Crippen molar-refractivity contribution in [1.82, 2.24) is 4.98 Å². The van der Waals surface area contributed by atoms with E-state index in [2.05, 4.69) is 69.3 Å². The normalized spacial score (nSPS) is 12.6. The number of benzene rings is 2. The second-order valence-electron chi connectivity index (χ2n) is 12.8. The molecular formula is C37H48IrNO3-. The Morgan fingerprint density at radius 1 is 0.905 bits per heavy atom. The maximum absolute atomic E-state index is 12.2. The zero-order chi connectivity index (χ0) is 30.6. The van der Waals surface area contributed by atoms with Gasteiger partial charge in [0.2, 0.25) is 5.71 Å². The molecular weight excluding hydrogens is 699 g/mol. The maximum atomic E-state index is 12.2. The number of ketones is 1. The third kappa shape index (κ3) is 7.60. The number of nitrogens with zero attached hydrogens (tertiary/aromatic N) is 1. The van der Waals surface area contributed by atoms with Gasteiger partial charge >= 0.3 is 0 Å². The van der Waals surface area contributed by atoms with Crippen LogP contribution in [-0.4, -0.2) is 15.9 Å². The number of carbonyl (C=O) groups is 1. The van der Waals surface area contributed by atoms with Crippen LogP contribution >= 0.6 is 0 Å². The van der Waals surface area contributed by atoms with E-state index < -0.39 is 0 Å². The number of aryl methyl sites for hydroxylation is 1. The number of aliphatic hydroxyl groups excluding tert-OH is 1. The number of carbonyl (C=O) groups excluding carboxylic acids is 1. The third-order valence-corrected chi connectivity index (χ3v) is 9.09. The molecule has 0 amide bonds. The molecule has 0 fully saturated rings. The third-order valence-electron chi connectivity index (χ3n) is 9.09. The Morgan fingerprint density at radius 2 is 1.50 bits per heavy atom. The molecule has 0 spiro atoms. The number of fused-ring (bicyclic) bond motifs is 2. The minimum atomic E-state index is -0.337. The topological polar surface area (TPSA) is 63.3 Å². The van der Waals surface area contributed by atoms with Gasteiger partial charge in [0.05, 0.1) is 6.26 Å². The predicted octanol–water partition coefficient (Wildman–Crippen LogP) is 10.7. The molecule has 1 radical (unpaired) electrons. The number of aliphatic hydroxyl groups is 1. The van der Waals surface area contributed by atoms with Gasteiger partial charge < -0.3 is 9.52 Å². The van der Waals surface area contributed by atoms with Gasteiger partial charge in [0.15, 0.2) is 5.78 Å². The van der Waals surface area contributed by atoms with Crippen molar-refractivity contribution in [3.8, 4) is 11.3 Å². The molecule has 0 aliphatic carbocycles. The van der Waals surface area contributed by atoms with Crippen molar-refractivity contribution in [3.05, 3.63) is 77.8 Å². The second-order valence-corrected chi connectivity index (χ2v) is 12.8. The Bertz CT molecular complexity index is 1530. The molecule has 0 atom stereocenters. The first-order valence-corrected chi connectivity index (χ1v) is 15.0. The molecule has 0 bridgehead atoms. The summed E-state index contributed by atoms with van der Waals surface area (Å²) in [6.07, 6.45) is 6.51. The van der Waals surface area contributed by atoms with Gasteiger partial charge in [-0.2, -0.15) is 0 Å². The van der Waals surface area contributed by atoms with E-state index in [4.69, 9.17) is 9.40 Å². The number of hydrogen-bond acceptors (Lipinski definition) is 4. The first kappa shape index (κ1) is 35.4. The Balaban J connectivity index is 0.000000307. The first-order valence-electron chi connectivity index (χ1n) is 15.0. The molecule has 0 saturated carbocycles. The monoisotopic (exact) mass is 747 g/mol. The second kappa shape index (κ2) is 14.1. The average Bonchev–Trinajstić information content (AvgIpc) is 3.35. The van der Waals surface area contributed by atoms with Crippen LogP contribution in [-0.2, 0) is 30.3 Å².